The van der Waals surface area contributed by atoms with Crippen molar-refractivity contribution in [3.05, 3.63) is 29.8 Å². The van der Waals surface area contributed by atoms with Gasteiger partial charge in [-0.2, -0.15) is 0 Å². The van der Waals surface area contributed by atoms with Crippen LogP contribution in [0, 0.1) is 17.8 Å². The van der Waals surface area contributed by atoms with Gasteiger partial charge in [-0.05, 0) is 30.9 Å². The maximum absolute atomic E-state index is 12.8. The molecule has 0 amide bonds. The minimum atomic E-state index is -1.07. The number of fused-ring (bicyclic) bond motifs is 5. The quantitative estimate of drug-likeness (QED) is 0.736. The van der Waals surface area contributed by atoms with Crippen LogP contribution in [0.3, 0.4) is 0 Å². The zero-order chi connectivity index (χ0) is 13.9. The van der Waals surface area contributed by atoms with Gasteiger partial charge in [0.25, 0.3) is 0 Å². The number of rotatable bonds is 1. The Hall–Kier alpha value is -1.84. The summed E-state index contributed by atoms with van der Waals surface area (Å²) in [6.07, 6.45) is 2.99. The third kappa shape index (κ3) is 1.18. The number of hydrogen-bond donors (Lipinski definition) is 0. The highest BCUT2D eigenvalue weighted by Crippen LogP contribution is 2.62. The Morgan fingerprint density at radius 1 is 1.35 bits per heavy atom. The number of ketones is 1. The molecule has 20 heavy (non-hydrogen) atoms. The maximum Gasteiger partial charge on any atom is 0.351 e. The highest BCUT2D eigenvalue weighted by atomic mass is 16.6. The average Bonchev–Trinajstić information content (AvgIpc) is 2.89. The van der Waals surface area contributed by atoms with Gasteiger partial charge in [-0.25, -0.2) is 4.79 Å². The van der Waals surface area contributed by atoms with Gasteiger partial charge >= 0.3 is 5.97 Å². The molecule has 1 aromatic rings. The van der Waals surface area contributed by atoms with Gasteiger partial charge in [0.05, 0.1) is 18.6 Å². The summed E-state index contributed by atoms with van der Waals surface area (Å²) in [5.41, 5.74) is -0.469. The fraction of sp³-hybridized carbons (Fsp3) is 0.500. The van der Waals surface area contributed by atoms with Crippen LogP contribution in [0.4, 0.5) is 0 Å². The molecule has 0 bridgehead atoms. The molecule has 2 unspecified atom stereocenters. The van der Waals surface area contributed by atoms with Crippen molar-refractivity contribution in [2.45, 2.75) is 24.9 Å². The second kappa shape index (κ2) is 3.84. The van der Waals surface area contributed by atoms with Crippen molar-refractivity contribution < 1.29 is 19.1 Å². The molecule has 4 rings (SSSR count). The van der Waals surface area contributed by atoms with Gasteiger partial charge in [0, 0.05) is 5.92 Å². The van der Waals surface area contributed by atoms with E-state index in [1.54, 1.807) is 12.1 Å². The molecule has 0 saturated heterocycles. The summed E-state index contributed by atoms with van der Waals surface area (Å²) in [6.45, 7) is 0. The highest BCUT2D eigenvalue weighted by Gasteiger charge is 2.74. The first kappa shape index (κ1) is 11.9. The van der Waals surface area contributed by atoms with Crippen molar-refractivity contribution in [2.24, 2.45) is 17.8 Å². The van der Waals surface area contributed by atoms with Gasteiger partial charge in [0.15, 0.2) is 5.78 Å². The lowest BCUT2D eigenvalue weighted by Crippen LogP contribution is -2.72. The second-order valence-electron chi connectivity index (χ2n) is 5.93. The zero-order valence-corrected chi connectivity index (χ0v) is 11.3. The lowest BCUT2D eigenvalue weighted by molar-refractivity contribution is -0.199. The number of methoxy groups -OCH3 is 1. The Bertz CT molecular complexity index is 608. The Labute approximate surface area is 117 Å². The van der Waals surface area contributed by atoms with Crippen LogP contribution >= 0.6 is 0 Å². The lowest BCUT2D eigenvalue weighted by atomic mass is 9.51. The Kier molecular flexibility index (Phi) is 2.29. The topological polar surface area (TPSA) is 52.6 Å². The largest absolute Gasteiger partial charge is 0.474 e. The fourth-order valence-electron chi connectivity index (χ4n) is 4.47. The Balaban J connectivity index is 1.87. The average molecular weight is 272 g/mol. The molecule has 0 N–H and O–H groups in total. The molecule has 0 aromatic heterocycles. The number of Topliss-reactive ketones (excluding diaryl/α,β-unsaturated/α-hetero) is 1. The van der Waals surface area contributed by atoms with Crippen LogP contribution in [0.15, 0.2) is 24.3 Å². The minimum Gasteiger partial charge on any atom is -0.474 e. The molecule has 0 radical (unpaired) electrons. The van der Waals surface area contributed by atoms with Crippen molar-refractivity contribution in [2.75, 3.05) is 7.11 Å². The molecule has 4 nitrogen and oxygen atoms in total. The molecular weight excluding hydrogens is 256 g/mol. The van der Waals surface area contributed by atoms with E-state index in [0.29, 0.717) is 11.3 Å². The van der Waals surface area contributed by atoms with E-state index in [9.17, 15) is 9.59 Å². The standard InChI is InChI=1S/C16H16O4/c1-19-15(18)16-11-7-4-6-9(11)13(16)14(17)10-5-2-3-8-12(10)20-16/h2-3,5,8-9,11,13H,4,6-7H2,1H3/t9-,11+,13?,16?/m0/s1. The van der Waals surface area contributed by atoms with E-state index < -0.39 is 11.6 Å². The summed E-state index contributed by atoms with van der Waals surface area (Å²) in [5.74, 6) is 0.197. The van der Waals surface area contributed by atoms with E-state index in [0.717, 1.165) is 19.3 Å². The van der Waals surface area contributed by atoms with Gasteiger partial charge < -0.3 is 9.47 Å². The number of carbonyl (C=O) groups excluding carboxylic acids is 2. The lowest BCUT2D eigenvalue weighted by Gasteiger charge is -2.57. The first-order chi connectivity index (χ1) is 9.70. The molecule has 1 aliphatic heterocycles. The van der Waals surface area contributed by atoms with Gasteiger partial charge in [-0.15, -0.1) is 0 Å². The molecule has 3 aliphatic rings. The van der Waals surface area contributed by atoms with Crippen molar-refractivity contribution in [1.82, 2.24) is 0 Å². The van der Waals surface area contributed by atoms with Crippen molar-refractivity contribution in [1.29, 1.82) is 0 Å². The van der Waals surface area contributed by atoms with E-state index in [4.69, 9.17) is 9.47 Å². The summed E-state index contributed by atoms with van der Waals surface area (Å²) in [6, 6.07) is 7.19. The van der Waals surface area contributed by atoms with Gasteiger partial charge in [-0.1, -0.05) is 18.6 Å². The van der Waals surface area contributed by atoms with Crippen LogP contribution in [0.1, 0.15) is 29.6 Å². The second-order valence-corrected chi connectivity index (χ2v) is 5.93. The van der Waals surface area contributed by atoms with Crippen molar-refractivity contribution in [3.8, 4) is 5.75 Å². The number of benzene rings is 1. The molecule has 4 heteroatoms. The summed E-state index contributed by atoms with van der Waals surface area (Å²) >= 11 is 0. The van der Waals surface area contributed by atoms with Crippen molar-refractivity contribution in [3.63, 3.8) is 0 Å². The summed E-state index contributed by atoms with van der Waals surface area (Å²) in [5, 5.41) is 0. The van der Waals surface area contributed by atoms with E-state index >= 15 is 0 Å². The highest BCUT2D eigenvalue weighted by molar-refractivity contribution is 6.07. The summed E-state index contributed by atoms with van der Waals surface area (Å²) < 4.78 is 11.0. The Morgan fingerprint density at radius 2 is 2.15 bits per heavy atom. The molecular formula is C16H16O4. The number of esters is 1. The molecule has 2 aliphatic carbocycles. The number of hydrogen-bond acceptors (Lipinski definition) is 4. The van der Waals surface area contributed by atoms with Crippen LogP contribution in [-0.2, 0) is 9.53 Å². The number of para-hydroxylation sites is 1. The summed E-state index contributed by atoms with van der Waals surface area (Å²) in [7, 11) is 1.37. The molecule has 1 aromatic carbocycles. The minimum absolute atomic E-state index is 0.0420. The first-order valence-electron chi connectivity index (χ1n) is 7.11. The number of ether oxygens (including phenoxy) is 2. The predicted molar refractivity (Wildman–Crippen MR) is 70.5 cm³/mol. The van der Waals surface area contributed by atoms with Crippen LogP contribution in [-0.4, -0.2) is 24.5 Å². The van der Waals surface area contributed by atoms with E-state index in [2.05, 4.69) is 0 Å². The van der Waals surface area contributed by atoms with E-state index in [1.807, 2.05) is 12.1 Å². The van der Waals surface area contributed by atoms with Crippen LogP contribution in [0.2, 0.25) is 0 Å². The summed E-state index contributed by atoms with van der Waals surface area (Å²) in [4.78, 5) is 25.1. The van der Waals surface area contributed by atoms with Crippen LogP contribution < -0.4 is 4.74 Å². The zero-order valence-electron chi connectivity index (χ0n) is 11.3. The molecule has 2 saturated carbocycles. The molecule has 104 valence electrons. The first-order valence-corrected chi connectivity index (χ1v) is 7.11. The third-order valence-electron chi connectivity index (χ3n) is 5.23. The van der Waals surface area contributed by atoms with Crippen LogP contribution in [0.25, 0.3) is 0 Å². The molecule has 4 atom stereocenters. The van der Waals surface area contributed by atoms with Gasteiger partial charge in [-0.3, -0.25) is 4.79 Å². The SMILES string of the molecule is COC(=O)C12Oc3ccccc3C(=O)C1[C@H]1CCC[C@H]12. The van der Waals surface area contributed by atoms with Crippen molar-refractivity contribution >= 4 is 11.8 Å². The normalized spacial score (nSPS) is 37.0. The smallest absolute Gasteiger partial charge is 0.351 e. The van der Waals surface area contributed by atoms with E-state index in [1.165, 1.54) is 7.11 Å². The number of carbonyl (C=O) groups is 2. The van der Waals surface area contributed by atoms with Crippen LogP contribution in [0.5, 0.6) is 5.75 Å². The maximum atomic E-state index is 12.8. The van der Waals surface area contributed by atoms with Gasteiger partial charge in [0.1, 0.15) is 5.75 Å². The predicted octanol–water partition coefficient (Wildman–Crippen LogP) is 2.22. The fourth-order valence-corrected chi connectivity index (χ4v) is 4.47. The monoisotopic (exact) mass is 272 g/mol. The Morgan fingerprint density at radius 3 is 2.95 bits per heavy atom. The molecule has 0 spiro atoms. The van der Waals surface area contributed by atoms with Gasteiger partial charge in [0.2, 0.25) is 5.60 Å². The molecule has 2 fully saturated rings. The van der Waals surface area contributed by atoms with E-state index in [-0.39, 0.29) is 23.5 Å². The third-order valence-corrected chi connectivity index (χ3v) is 5.23. The molecule has 1 heterocycles.